The molecule has 0 unspecified atom stereocenters. The van der Waals surface area contributed by atoms with E-state index in [1.807, 2.05) is 38.1 Å². The lowest BCUT2D eigenvalue weighted by molar-refractivity contribution is -0.125. The lowest BCUT2D eigenvalue weighted by Crippen LogP contribution is -2.30. The van der Waals surface area contributed by atoms with Crippen molar-refractivity contribution in [3.05, 3.63) is 29.8 Å². The standard InChI is InChI=1S/C18H24Br2N2O2/c1-4-6-7-15(13-8-10-14(11-9-13)24-5-2)21-22-16(23)17(3)12-18(17,19)20/h8-11H,4-7,12H2,1-3H3,(H,22,23)/b21-15+/t17-/m0/s1. The molecule has 0 radical (unpaired) electrons. The summed E-state index contributed by atoms with van der Waals surface area (Å²) in [6, 6.07) is 7.85. The first-order chi connectivity index (χ1) is 11.3. The number of benzene rings is 1. The number of ether oxygens (including phenoxy) is 1. The zero-order valence-electron chi connectivity index (χ0n) is 14.4. The Bertz CT molecular complexity index is 614. The van der Waals surface area contributed by atoms with Gasteiger partial charge in [0.05, 0.1) is 21.0 Å². The first kappa shape index (κ1) is 19.4. The number of alkyl halides is 2. The quantitative estimate of drug-likeness (QED) is 0.338. The number of carbonyl (C=O) groups is 1. The highest BCUT2D eigenvalue weighted by Crippen LogP contribution is 2.66. The molecule has 0 aromatic heterocycles. The number of unbranched alkanes of at least 4 members (excludes halogenated alkanes) is 1. The molecule has 0 bridgehead atoms. The highest BCUT2D eigenvalue weighted by molar-refractivity contribution is 9.25. The maximum absolute atomic E-state index is 12.4. The van der Waals surface area contributed by atoms with Crippen molar-refractivity contribution in [2.45, 2.75) is 49.7 Å². The molecule has 1 aromatic carbocycles. The van der Waals surface area contributed by atoms with Crippen molar-refractivity contribution in [1.82, 2.24) is 5.43 Å². The smallest absolute Gasteiger partial charge is 0.248 e. The Labute approximate surface area is 160 Å². The minimum Gasteiger partial charge on any atom is -0.494 e. The molecule has 0 heterocycles. The predicted octanol–water partition coefficient (Wildman–Crippen LogP) is 4.99. The highest BCUT2D eigenvalue weighted by atomic mass is 79.9. The maximum Gasteiger partial charge on any atom is 0.248 e. The number of nitrogens with one attached hydrogen (secondary N) is 1. The molecule has 0 spiro atoms. The molecule has 1 aliphatic carbocycles. The van der Waals surface area contributed by atoms with Gasteiger partial charge in [0.25, 0.3) is 0 Å². The van der Waals surface area contributed by atoms with E-state index in [1.54, 1.807) is 0 Å². The first-order valence-electron chi connectivity index (χ1n) is 8.32. The van der Waals surface area contributed by atoms with Gasteiger partial charge in [-0.05, 0) is 62.9 Å². The van der Waals surface area contributed by atoms with E-state index in [4.69, 9.17) is 4.74 Å². The molecule has 4 nitrogen and oxygen atoms in total. The summed E-state index contributed by atoms with van der Waals surface area (Å²) in [6.45, 7) is 6.67. The van der Waals surface area contributed by atoms with E-state index in [2.05, 4.69) is 49.3 Å². The predicted molar refractivity (Wildman–Crippen MR) is 105 cm³/mol. The van der Waals surface area contributed by atoms with E-state index in [1.165, 1.54) is 0 Å². The van der Waals surface area contributed by atoms with Gasteiger partial charge in [0.1, 0.15) is 5.75 Å². The Morgan fingerprint density at radius 1 is 1.29 bits per heavy atom. The van der Waals surface area contributed by atoms with E-state index < -0.39 is 5.41 Å². The van der Waals surface area contributed by atoms with Gasteiger partial charge in [-0.15, -0.1) is 0 Å². The summed E-state index contributed by atoms with van der Waals surface area (Å²) in [5.74, 6) is 0.769. The van der Waals surface area contributed by atoms with Gasteiger partial charge in [-0.25, -0.2) is 5.43 Å². The summed E-state index contributed by atoms with van der Waals surface area (Å²) in [7, 11) is 0. The SMILES string of the molecule is CCCC/C(=N\NC(=O)[C@]1(C)CC1(Br)Br)c1ccc(OCC)cc1. The Morgan fingerprint density at radius 2 is 1.92 bits per heavy atom. The van der Waals surface area contributed by atoms with Gasteiger partial charge >= 0.3 is 0 Å². The third-order valence-electron chi connectivity index (χ3n) is 4.32. The van der Waals surface area contributed by atoms with Crippen LogP contribution < -0.4 is 10.2 Å². The summed E-state index contributed by atoms with van der Waals surface area (Å²) >= 11 is 7.04. The molecule has 1 amide bonds. The van der Waals surface area contributed by atoms with Gasteiger partial charge < -0.3 is 4.74 Å². The molecule has 6 heteroatoms. The van der Waals surface area contributed by atoms with Crippen molar-refractivity contribution in [2.75, 3.05) is 6.61 Å². The van der Waals surface area contributed by atoms with Gasteiger partial charge in [-0.1, -0.05) is 45.2 Å². The fourth-order valence-electron chi connectivity index (χ4n) is 2.41. The van der Waals surface area contributed by atoms with Gasteiger partial charge in [0, 0.05) is 0 Å². The van der Waals surface area contributed by atoms with E-state index in [-0.39, 0.29) is 9.14 Å². The molecule has 132 valence electrons. The zero-order chi connectivity index (χ0) is 17.8. The van der Waals surface area contributed by atoms with Crippen LogP contribution in [0.2, 0.25) is 0 Å². The Kier molecular flexibility index (Phi) is 6.48. The summed E-state index contributed by atoms with van der Waals surface area (Å²) in [4.78, 5) is 12.4. The summed E-state index contributed by atoms with van der Waals surface area (Å²) in [5, 5.41) is 4.41. The average molecular weight is 460 g/mol. The summed E-state index contributed by atoms with van der Waals surface area (Å²) in [6.07, 6.45) is 3.68. The van der Waals surface area contributed by atoms with Crippen LogP contribution in [0.3, 0.4) is 0 Å². The van der Waals surface area contributed by atoms with E-state index >= 15 is 0 Å². The molecule has 0 aliphatic heterocycles. The molecule has 1 saturated carbocycles. The van der Waals surface area contributed by atoms with Crippen molar-refractivity contribution in [3.63, 3.8) is 0 Å². The lowest BCUT2D eigenvalue weighted by Gasteiger charge is -2.12. The lowest BCUT2D eigenvalue weighted by atomic mass is 10.0. The molecule has 1 fully saturated rings. The van der Waals surface area contributed by atoms with Crippen molar-refractivity contribution in [1.29, 1.82) is 0 Å². The van der Waals surface area contributed by atoms with Crippen LogP contribution >= 0.6 is 31.9 Å². The number of rotatable bonds is 8. The molecule has 1 N–H and O–H groups in total. The van der Waals surface area contributed by atoms with Crippen LogP contribution in [0.25, 0.3) is 0 Å². The number of hydrogen-bond acceptors (Lipinski definition) is 3. The van der Waals surface area contributed by atoms with Gasteiger partial charge in [-0.2, -0.15) is 5.10 Å². The fraction of sp³-hybridized carbons (Fsp3) is 0.556. The molecular weight excluding hydrogens is 436 g/mol. The monoisotopic (exact) mass is 458 g/mol. The van der Waals surface area contributed by atoms with Crippen molar-refractivity contribution in [2.24, 2.45) is 10.5 Å². The van der Waals surface area contributed by atoms with Crippen LogP contribution in [-0.2, 0) is 4.79 Å². The number of nitrogens with zero attached hydrogens (tertiary/aromatic N) is 1. The van der Waals surface area contributed by atoms with Gasteiger partial charge in [0.15, 0.2) is 0 Å². The maximum atomic E-state index is 12.4. The average Bonchev–Trinajstić information content (AvgIpc) is 3.08. The third-order valence-corrected chi connectivity index (χ3v) is 6.63. The highest BCUT2D eigenvalue weighted by Gasteiger charge is 2.66. The Hall–Kier alpha value is -0.880. The minimum absolute atomic E-state index is 0.0730. The van der Waals surface area contributed by atoms with Gasteiger partial charge in [-0.3, -0.25) is 4.79 Å². The summed E-state index contributed by atoms with van der Waals surface area (Å²) in [5.41, 5.74) is 4.19. The van der Waals surface area contributed by atoms with Crippen LogP contribution in [0.1, 0.15) is 52.0 Å². The summed E-state index contributed by atoms with van der Waals surface area (Å²) < 4.78 is 5.17. The molecule has 1 atom stereocenters. The number of hydrazone groups is 1. The fourth-order valence-corrected chi connectivity index (χ4v) is 3.89. The molecule has 1 aliphatic rings. The Morgan fingerprint density at radius 3 is 2.42 bits per heavy atom. The van der Waals surface area contributed by atoms with Crippen LogP contribution in [0, 0.1) is 5.41 Å². The van der Waals surface area contributed by atoms with Crippen LogP contribution in [-0.4, -0.2) is 21.5 Å². The minimum atomic E-state index is -0.467. The molecule has 24 heavy (non-hydrogen) atoms. The normalized spacial score (nSPS) is 22.1. The zero-order valence-corrected chi connectivity index (χ0v) is 17.5. The number of amides is 1. The molecule has 2 rings (SSSR count). The number of carbonyl (C=O) groups excluding carboxylic acids is 1. The molecule has 1 aromatic rings. The van der Waals surface area contributed by atoms with Crippen LogP contribution in [0.15, 0.2) is 29.4 Å². The van der Waals surface area contributed by atoms with Crippen LogP contribution in [0.5, 0.6) is 5.75 Å². The van der Waals surface area contributed by atoms with Crippen molar-refractivity contribution < 1.29 is 9.53 Å². The topological polar surface area (TPSA) is 50.7 Å². The second-order valence-electron chi connectivity index (χ2n) is 6.27. The molecular formula is C18H24Br2N2O2. The number of hydrogen-bond donors (Lipinski definition) is 1. The second kappa shape index (κ2) is 8.00. The van der Waals surface area contributed by atoms with Crippen molar-refractivity contribution >= 4 is 43.5 Å². The van der Waals surface area contributed by atoms with E-state index in [0.29, 0.717) is 6.61 Å². The van der Waals surface area contributed by atoms with Gasteiger partial charge in [0.2, 0.25) is 5.91 Å². The third kappa shape index (κ3) is 4.39. The Balaban J connectivity index is 2.11. The van der Waals surface area contributed by atoms with Crippen molar-refractivity contribution in [3.8, 4) is 5.75 Å². The number of halogens is 2. The van der Waals surface area contributed by atoms with E-state index in [0.717, 1.165) is 42.7 Å². The first-order valence-corrected chi connectivity index (χ1v) is 9.90. The molecule has 0 saturated heterocycles. The van der Waals surface area contributed by atoms with Crippen LogP contribution in [0.4, 0.5) is 0 Å². The van der Waals surface area contributed by atoms with E-state index in [9.17, 15) is 4.79 Å². The second-order valence-corrected chi connectivity index (χ2v) is 10.0. The largest absolute Gasteiger partial charge is 0.494 e.